The molecule has 2 saturated carbocycles. The Hall–Kier alpha value is -1.02. The second-order valence-electron chi connectivity index (χ2n) is 6.49. The second-order valence-corrected chi connectivity index (χ2v) is 6.49. The minimum atomic E-state index is 0.457. The van der Waals surface area contributed by atoms with Gasteiger partial charge in [-0.3, -0.25) is 0 Å². The Morgan fingerprint density at radius 2 is 2.10 bits per heavy atom. The first-order valence-corrected chi connectivity index (χ1v) is 8.22. The fraction of sp³-hybridized carbons (Fsp3) is 0.667. The highest BCUT2D eigenvalue weighted by Crippen LogP contribution is 2.53. The van der Waals surface area contributed by atoms with Crippen molar-refractivity contribution < 1.29 is 4.74 Å². The van der Waals surface area contributed by atoms with Crippen molar-refractivity contribution in [2.24, 2.45) is 17.8 Å². The van der Waals surface area contributed by atoms with E-state index < -0.39 is 0 Å². The summed E-state index contributed by atoms with van der Waals surface area (Å²) in [5.41, 5.74) is 1.36. The molecule has 0 saturated heterocycles. The van der Waals surface area contributed by atoms with Crippen LogP contribution in [0.2, 0.25) is 0 Å². The fourth-order valence-electron chi connectivity index (χ4n) is 4.38. The van der Waals surface area contributed by atoms with Crippen molar-refractivity contribution in [2.45, 2.75) is 45.1 Å². The van der Waals surface area contributed by atoms with Crippen molar-refractivity contribution in [3.05, 3.63) is 29.8 Å². The zero-order valence-corrected chi connectivity index (χ0v) is 12.8. The Labute approximate surface area is 122 Å². The molecule has 2 aliphatic rings. The zero-order valence-electron chi connectivity index (χ0n) is 12.8. The summed E-state index contributed by atoms with van der Waals surface area (Å²) in [6, 6.07) is 9.06. The van der Waals surface area contributed by atoms with Crippen molar-refractivity contribution in [2.75, 3.05) is 13.7 Å². The van der Waals surface area contributed by atoms with Crippen LogP contribution in [0, 0.1) is 17.8 Å². The third-order valence-electron chi connectivity index (χ3n) is 5.25. The summed E-state index contributed by atoms with van der Waals surface area (Å²) in [6.45, 7) is 2.97. The number of fused-ring (bicyclic) bond motifs is 2. The van der Waals surface area contributed by atoms with Crippen LogP contribution in [0.15, 0.2) is 24.3 Å². The molecule has 2 heteroatoms. The van der Waals surface area contributed by atoms with E-state index >= 15 is 0 Å². The summed E-state index contributed by atoms with van der Waals surface area (Å²) in [5, 5.41) is 3.58. The molecule has 4 atom stereocenters. The molecule has 3 rings (SSSR count). The lowest BCUT2D eigenvalue weighted by molar-refractivity contribution is 0.248. The van der Waals surface area contributed by atoms with Gasteiger partial charge in [0.15, 0.2) is 0 Å². The maximum absolute atomic E-state index is 5.97. The quantitative estimate of drug-likeness (QED) is 0.840. The van der Waals surface area contributed by atoms with Gasteiger partial charge in [0, 0.05) is 11.6 Å². The van der Waals surface area contributed by atoms with E-state index in [0.29, 0.717) is 6.04 Å². The zero-order chi connectivity index (χ0) is 13.9. The molecule has 1 N–H and O–H groups in total. The molecule has 110 valence electrons. The van der Waals surface area contributed by atoms with Gasteiger partial charge >= 0.3 is 0 Å². The molecule has 2 bridgehead atoms. The lowest BCUT2D eigenvalue weighted by Gasteiger charge is -2.31. The largest absolute Gasteiger partial charge is 0.493 e. The first kappa shape index (κ1) is 13.9. The van der Waals surface area contributed by atoms with E-state index in [4.69, 9.17) is 4.74 Å². The van der Waals surface area contributed by atoms with Crippen molar-refractivity contribution in [1.82, 2.24) is 5.32 Å². The van der Waals surface area contributed by atoms with Gasteiger partial charge in [-0.05, 0) is 56.6 Å². The standard InChI is InChI=1S/C18H27NO/c1-3-10-20-17-7-5-4-6-15(17)18(19-2)16-12-13-8-9-14(16)11-13/h4-7,13-14,16,18-19H,3,8-12H2,1-2H3. The monoisotopic (exact) mass is 273 g/mol. The first-order chi connectivity index (χ1) is 9.83. The Balaban J connectivity index is 1.82. The highest BCUT2D eigenvalue weighted by molar-refractivity contribution is 5.36. The molecule has 1 aromatic rings. The molecular formula is C18H27NO. The second kappa shape index (κ2) is 6.17. The van der Waals surface area contributed by atoms with Gasteiger partial charge in [-0.25, -0.2) is 0 Å². The summed E-state index contributed by atoms with van der Waals surface area (Å²) in [5.74, 6) is 3.79. The maximum Gasteiger partial charge on any atom is 0.124 e. The van der Waals surface area contributed by atoms with Crippen molar-refractivity contribution in [3.63, 3.8) is 0 Å². The normalized spacial score (nSPS) is 29.6. The minimum Gasteiger partial charge on any atom is -0.493 e. The third kappa shape index (κ3) is 2.58. The van der Waals surface area contributed by atoms with E-state index in [1.807, 2.05) is 0 Å². The summed E-state index contributed by atoms with van der Waals surface area (Å²) >= 11 is 0. The minimum absolute atomic E-state index is 0.457. The molecular weight excluding hydrogens is 246 g/mol. The van der Waals surface area contributed by atoms with Gasteiger partial charge in [-0.15, -0.1) is 0 Å². The van der Waals surface area contributed by atoms with Crippen LogP contribution in [-0.2, 0) is 0 Å². The van der Waals surface area contributed by atoms with Crippen LogP contribution in [0.5, 0.6) is 5.75 Å². The van der Waals surface area contributed by atoms with E-state index in [9.17, 15) is 0 Å². The van der Waals surface area contributed by atoms with Gasteiger partial charge < -0.3 is 10.1 Å². The fourth-order valence-corrected chi connectivity index (χ4v) is 4.38. The smallest absolute Gasteiger partial charge is 0.124 e. The van der Waals surface area contributed by atoms with Crippen LogP contribution in [0.1, 0.15) is 50.6 Å². The lowest BCUT2D eigenvalue weighted by atomic mass is 9.80. The number of hydrogen-bond donors (Lipinski definition) is 1. The number of para-hydroxylation sites is 1. The van der Waals surface area contributed by atoms with Crippen molar-refractivity contribution in [3.8, 4) is 5.75 Å². The van der Waals surface area contributed by atoms with Crippen LogP contribution in [-0.4, -0.2) is 13.7 Å². The Kier molecular flexibility index (Phi) is 4.30. The van der Waals surface area contributed by atoms with Crippen LogP contribution >= 0.6 is 0 Å². The summed E-state index contributed by atoms with van der Waals surface area (Å²) in [6.07, 6.45) is 6.82. The Morgan fingerprint density at radius 3 is 2.75 bits per heavy atom. The summed E-state index contributed by atoms with van der Waals surface area (Å²) in [4.78, 5) is 0. The average Bonchev–Trinajstić information content (AvgIpc) is 3.10. The Bertz CT molecular complexity index is 445. The number of nitrogens with one attached hydrogen (secondary N) is 1. The maximum atomic E-state index is 5.97. The number of ether oxygens (including phenoxy) is 1. The molecule has 2 nitrogen and oxygen atoms in total. The topological polar surface area (TPSA) is 21.3 Å². The molecule has 2 fully saturated rings. The molecule has 4 unspecified atom stereocenters. The number of rotatable bonds is 6. The predicted molar refractivity (Wildman–Crippen MR) is 83.0 cm³/mol. The number of benzene rings is 1. The molecule has 0 spiro atoms. The highest BCUT2D eigenvalue weighted by atomic mass is 16.5. The molecule has 0 radical (unpaired) electrons. The van der Waals surface area contributed by atoms with Gasteiger partial charge in [0.05, 0.1) is 6.61 Å². The Morgan fingerprint density at radius 1 is 1.25 bits per heavy atom. The molecule has 20 heavy (non-hydrogen) atoms. The average molecular weight is 273 g/mol. The van der Waals surface area contributed by atoms with Crippen molar-refractivity contribution in [1.29, 1.82) is 0 Å². The van der Waals surface area contributed by atoms with Gasteiger partial charge in [-0.2, -0.15) is 0 Å². The van der Waals surface area contributed by atoms with Crippen LogP contribution in [0.4, 0.5) is 0 Å². The van der Waals surface area contributed by atoms with E-state index in [0.717, 1.165) is 36.5 Å². The first-order valence-electron chi connectivity index (χ1n) is 8.22. The van der Waals surface area contributed by atoms with Gasteiger partial charge in [0.25, 0.3) is 0 Å². The molecule has 1 aromatic carbocycles. The van der Waals surface area contributed by atoms with Crippen LogP contribution < -0.4 is 10.1 Å². The molecule has 0 aromatic heterocycles. The molecule has 2 aliphatic carbocycles. The summed E-state index contributed by atoms with van der Waals surface area (Å²) in [7, 11) is 2.10. The highest BCUT2D eigenvalue weighted by Gasteiger charge is 2.43. The van der Waals surface area contributed by atoms with Crippen molar-refractivity contribution >= 4 is 0 Å². The summed E-state index contributed by atoms with van der Waals surface area (Å²) < 4.78 is 5.97. The number of hydrogen-bond acceptors (Lipinski definition) is 2. The SMILES string of the molecule is CCCOc1ccccc1C(NC)C1CC2CCC1C2. The van der Waals surface area contributed by atoms with Crippen LogP contribution in [0.3, 0.4) is 0 Å². The van der Waals surface area contributed by atoms with Crippen LogP contribution in [0.25, 0.3) is 0 Å². The van der Waals surface area contributed by atoms with Gasteiger partial charge in [-0.1, -0.05) is 31.5 Å². The third-order valence-corrected chi connectivity index (χ3v) is 5.25. The van der Waals surface area contributed by atoms with E-state index in [2.05, 4.69) is 43.6 Å². The van der Waals surface area contributed by atoms with Gasteiger partial charge in [0.2, 0.25) is 0 Å². The van der Waals surface area contributed by atoms with E-state index in [-0.39, 0.29) is 0 Å². The predicted octanol–water partition coefficient (Wildman–Crippen LogP) is 4.17. The molecule has 0 amide bonds. The lowest BCUT2D eigenvalue weighted by Crippen LogP contribution is -2.29. The van der Waals surface area contributed by atoms with E-state index in [1.165, 1.54) is 31.2 Å². The molecule has 0 heterocycles. The van der Waals surface area contributed by atoms with E-state index in [1.54, 1.807) is 0 Å². The van der Waals surface area contributed by atoms with Gasteiger partial charge in [0.1, 0.15) is 5.75 Å². The molecule has 0 aliphatic heterocycles.